The Balaban J connectivity index is 1.21. The SMILES string of the molecule is CCOc1ccc(N2C[C@H](C(=O)Nc3ccc(Oc4cccc5ccccc45)cc3)CC2=O)cc1. The first-order chi connectivity index (χ1) is 17.1. The summed E-state index contributed by atoms with van der Waals surface area (Å²) >= 11 is 0. The van der Waals surface area contributed by atoms with E-state index in [-0.39, 0.29) is 18.2 Å². The van der Waals surface area contributed by atoms with Crippen molar-refractivity contribution in [2.45, 2.75) is 13.3 Å². The molecule has 1 saturated heterocycles. The van der Waals surface area contributed by atoms with Gasteiger partial charge in [0.1, 0.15) is 17.2 Å². The fraction of sp³-hybridized carbons (Fsp3) is 0.172. The van der Waals surface area contributed by atoms with E-state index in [9.17, 15) is 9.59 Å². The summed E-state index contributed by atoms with van der Waals surface area (Å²) in [7, 11) is 0. The first-order valence-electron chi connectivity index (χ1n) is 11.7. The van der Waals surface area contributed by atoms with E-state index < -0.39 is 5.92 Å². The standard InChI is InChI=1S/C29H26N2O4/c1-2-34-24-16-12-23(13-17-24)31-19-21(18-28(31)32)29(33)30-22-10-14-25(15-11-22)35-27-9-5-7-20-6-3-4-8-26(20)27/h3-17,21H,2,18-19H2,1H3,(H,30,33)/t21-/m1/s1. The molecule has 0 radical (unpaired) electrons. The highest BCUT2D eigenvalue weighted by molar-refractivity contribution is 6.03. The summed E-state index contributed by atoms with van der Waals surface area (Å²) in [5.74, 6) is 1.56. The molecule has 1 heterocycles. The van der Waals surface area contributed by atoms with Crippen LogP contribution in [0, 0.1) is 5.92 Å². The van der Waals surface area contributed by atoms with E-state index in [1.54, 1.807) is 17.0 Å². The normalized spacial score (nSPS) is 15.3. The molecule has 35 heavy (non-hydrogen) atoms. The van der Waals surface area contributed by atoms with Crippen LogP contribution in [-0.2, 0) is 9.59 Å². The number of anilines is 2. The highest BCUT2D eigenvalue weighted by atomic mass is 16.5. The molecule has 5 rings (SSSR count). The summed E-state index contributed by atoms with van der Waals surface area (Å²) in [6.07, 6.45) is 0.182. The zero-order chi connectivity index (χ0) is 24.2. The van der Waals surface area contributed by atoms with Gasteiger partial charge in [-0.1, -0.05) is 36.4 Å². The minimum absolute atomic E-state index is 0.0619. The first kappa shape index (κ1) is 22.5. The second-order valence-corrected chi connectivity index (χ2v) is 8.43. The second-order valence-electron chi connectivity index (χ2n) is 8.43. The Morgan fingerprint density at radius 2 is 1.63 bits per heavy atom. The molecule has 1 aliphatic heterocycles. The van der Waals surface area contributed by atoms with Crippen molar-refractivity contribution in [2.75, 3.05) is 23.4 Å². The van der Waals surface area contributed by atoms with Crippen molar-refractivity contribution in [3.8, 4) is 17.2 Å². The number of carbonyl (C=O) groups excluding carboxylic acids is 2. The van der Waals surface area contributed by atoms with Gasteiger partial charge in [0.2, 0.25) is 11.8 Å². The Bertz CT molecular complexity index is 1340. The number of amides is 2. The zero-order valence-corrected chi connectivity index (χ0v) is 19.4. The van der Waals surface area contributed by atoms with Crippen molar-refractivity contribution in [1.82, 2.24) is 0 Å². The lowest BCUT2D eigenvalue weighted by Gasteiger charge is -2.17. The molecule has 1 N–H and O–H groups in total. The Labute approximate surface area is 204 Å². The maximum atomic E-state index is 12.9. The van der Waals surface area contributed by atoms with Crippen LogP contribution in [0.1, 0.15) is 13.3 Å². The molecule has 0 unspecified atom stereocenters. The number of carbonyl (C=O) groups is 2. The fourth-order valence-corrected chi connectivity index (χ4v) is 4.28. The minimum Gasteiger partial charge on any atom is -0.494 e. The van der Waals surface area contributed by atoms with Crippen molar-refractivity contribution in [3.05, 3.63) is 91.0 Å². The number of rotatable bonds is 7. The number of nitrogens with one attached hydrogen (secondary N) is 1. The van der Waals surface area contributed by atoms with Crippen molar-refractivity contribution in [3.63, 3.8) is 0 Å². The van der Waals surface area contributed by atoms with E-state index >= 15 is 0 Å². The molecular weight excluding hydrogens is 440 g/mol. The summed E-state index contributed by atoms with van der Waals surface area (Å²) in [6.45, 7) is 2.86. The average Bonchev–Trinajstić information content (AvgIpc) is 3.28. The summed E-state index contributed by atoms with van der Waals surface area (Å²) in [5, 5.41) is 5.08. The van der Waals surface area contributed by atoms with Crippen molar-refractivity contribution < 1.29 is 19.1 Å². The highest BCUT2D eigenvalue weighted by Crippen LogP contribution is 2.31. The lowest BCUT2D eigenvalue weighted by atomic mass is 10.1. The molecule has 0 aliphatic carbocycles. The molecule has 0 bridgehead atoms. The van der Waals surface area contributed by atoms with Crippen LogP contribution in [0.5, 0.6) is 17.2 Å². The van der Waals surface area contributed by atoms with Gasteiger partial charge < -0.3 is 19.7 Å². The number of hydrogen-bond donors (Lipinski definition) is 1. The van der Waals surface area contributed by atoms with Gasteiger partial charge in [-0.05, 0) is 66.9 Å². The third kappa shape index (κ3) is 4.96. The van der Waals surface area contributed by atoms with Crippen LogP contribution in [0.4, 0.5) is 11.4 Å². The molecule has 2 amide bonds. The molecule has 0 spiro atoms. The molecule has 0 aromatic heterocycles. The van der Waals surface area contributed by atoms with E-state index in [0.29, 0.717) is 24.6 Å². The average molecular weight is 467 g/mol. The van der Waals surface area contributed by atoms with Gasteiger partial charge in [-0.3, -0.25) is 9.59 Å². The third-order valence-corrected chi connectivity index (χ3v) is 6.05. The van der Waals surface area contributed by atoms with Crippen LogP contribution < -0.4 is 19.7 Å². The summed E-state index contributed by atoms with van der Waals surface area (Å²) in [5.41, 5.74) is 1.43. The Morgan fingerprint density at radius 3 is 2.40 bits per heavy atom. The van der Waals surface area contributed by atoms with Crippen LogP contribution in [0.25, 0.3) is 10.8 Å². The van der Waals surface area contributed by atoms with Gasteiger partial charge in [0.25, 0.3) is 0 Å². The third-order valence-electron chi connectivity index (χ3n) is 6.05. The lowest BCUT2D eigenvalue weighted by Crippen LogP contribution is -2.28. The summed E-state index contributed by atoms with van der Waals surface area (Å²) in [4.78, 5) is 27.1. The molecular formula is C29H26N2O4. The number of benzene rings is 4. The van der Waals surface area contributed by atoms with Crippen LogP contribution in [0.3, 0.4) is 0 Å². The molecule has 1 fully saturated rings. The van der Waals surface area contributed by atoms with E-state index in [1.165, 1.54) is 0 Å². The van der Waals surface area contributed by atoms with Gasteiger partial charge in [0.15, 0.2) is 0 Å². The molecule has 1 aliphatic rings. The Morgan fingerprint density at radius 1 is 0.914 bits per heavy atom. The monoisotopic (exact) mass is 466 g/mol. The van der Waals surface area contributed by atoms with Gasteiger partial charge in [-0.25, -0.2) is 0 Å². The highest BCUT2D eigenvalue weighted by Gasteiger charge is 2.35. The smallest absolute Gasteiger partial charge is 0.229 e. The van der Waals surface area contributed by atoms with Gasteiger partial charge in [0.05, 0.1) is 12.5 Å². The lowest BCUT2D eigenvalue weighted by molar-refractivity contribution is -0.122. The Hall–Kier alpha value is -4.32. The maximum absolute atomic E-state index is 12.9. The molecule has 4 aromatic rings. The van der Waals surface area contributed by atoms with Gasteiger partial charge >= 0.3 is 0 Å². The predicted molar refractivity (Wildman–Crippen MR) is 137 cm³/mol. The van der Waals surface area contributed by atoms with Crippen LogP contribution >= 0.6 is 0 Å². The van der Waals surface area contributed by atoms with E-state index in [4.69, 9.17) is 9.47 Å². The largest absolute Gasteiger partial charge is 0.494 e. The van der Waals surface area contributed by atoms with Gasteiger partial charge in [-0.2, -0.15) is 0 Å². The van der Waals surface area contributed by atoms with Crippen LogP contribution in [0.2, 0.25) is 0 Å². The summed E-state index contributed by atoms with van der Waals surface area (Å²) in [6, 6.07) is 28.6. The molecule has 6 nitrogen and oxygen atoms in total. The number of ether oxygens (including phenoxy) is 2. The number of nitrogens with zero attached hydrogens (tertiary/aromatic N) is 1. The maximum Gasteiger partial charge on any atom is 0.229 e. The number of hydrogen-bond acceptors (Lipinski definition) is 4. The Kier molecular flexibility index (Phi) is 6.35. The minimum atomic E-state index is -0.416. The van der Waals surface area contributed by atoms with Crippen molar-refractivity contribution in [2.24, 2.45) is 5.92 Å². The van der Waals surface area contributed by atoms with Crippen LogP contribution in [0.15, 0.2) is 91.0 Å². The fourth-order valence-electron chi connectivity index (χ4n) is 4.28. The van der Waals surface area contributed by atoms with Gasteiger partial charge in [0, 0.05) is 29.7 Å². The summed E-state index contributed by atoms with van der Waals surface area (Å²) < 4.78 is 11.5. The quantitative estimate of drug-likeness (QED) is 0.362. The molecule has 0 saturated carbocycles. The van der Waals surface area contributed by atoms with Crippen molar-refractivity contribution >= 4 is 34.0 Å². The zero-order valence-electron chi connectivity index (χ0n) is 19.4. The topological polar surface area (TPSA) is 67.9 Å². The first-order valence-corrected chi connectivity index (χ1v) is 11.7. The number of fused-ring (bicyclic) bond motifs is 1. The van der Waals surface area contributed by atoms with E-state index in [1.807, 2.05) is 85.8 Å². The molecule has 6 heteroatoms. The van der Waals surface area contributed by atoms with Crippen LogP contribution in [-0.4, -0.2) is 25.0 Å². The van der Waals surface area contributed by atoms with Crippen molar-refractivity contribution in [1.29, 1.82) is 0 Å². The molecule has 176 valence electrons. The molecule has 4 aromatic carbocycles. The second kappa shape index (κ2) is 9.89. The molecule has 1 atom stereocenters. The van der Waals surface area contributed by atoms with E-state index in [0.717, 1.165) is 28.0 Å². The predicted octanol–water partition coefficient (Wildman–Crippen LogP) is 6.02. The van der Waals surface area contributed by atoms with E-state index in [2.05, 4.69) is 5.32 Å². The van der Waals surface area contributed by atoms with Gasteiger partial charge in [-0.15, -0.1) is 0 Å².